The number of methoxy groups -OCH3 is 1. The van der Waals surface area contributed by atoms with Crippen molar-refractivity contribution in [3.8, 4) is 0 Å². The number of aryl methyl sites for hydroxylation is 1. The lowest BCUT2D eigenvalue weighted by molar-refractivity contribution is -0.115. The standard InChI is InChI=1S/C19H17ClN2O3/c1-11-14(15-9-12(20)7-8-17(15)21-11)10-18(23)22-16-6-4-3-5-13(16)19(24)25-2/h3-9,21H,10H2,1-2H3,(H,22,23). The maximum absolute atomic E-state index is 12.5. The normalized spacial score (nSPS) is 10.7. The number of carbonyl (C=O) groups is 2. The molecule has 0 unspecified atom stereocenters. The summed E-state index contributed by atoms with van der Waals surface area (Å²) in [6.45, 7) is 1.92. The summed E-state index contributed by atoms with van der Waals surface area (Å²) in [5.74, 6) is -0.716. The summed E-state index contributed by atoms with van der Waals surface area (Å²) in [4.78, 5) is 27.6. The quantitative estimate of drug-likeness (QED) is 0.691. The molecule has 0 bridgehead atoms. The van der Waals surface area contributed by atoms with Crippen LogP contribution in [0.2, 0.25) is 5.02 Å². The first-order valence-corrected chi connectivity index (χ1v) is 8.11. The van der Waals surface area contributed by atoms with Gasteiger partial charge in [-0.2, -0.15) is 0 Å². The van der Waals surface area contributed by atoms with Gasteiger partial charge in [-0.15, -0.1) is 0 Å². The number of hydrogen-bond donors (Lipinski definition) is 2. The molecule has 0 radical (unpaired) electrons. The molecule has 0 aliphatic rings. The molecule has 0 atom stereocenters. The third kappa shape index (κ3) is 3.51. The Hall–Kier alpha value is -2.79. The highest BCUT2D eigenvalue weighted by Crippen LogP contribution is 2.26. The molecule has 0 spiro atoms. The minimum Gasteiger partial charge on any atom is -0.465 e. The zero-order chi connectivity index (χ0) is 18.0. The van der Waals surface area contributed by atoms with E-state index in [4.69, 9.17) is 16.3 Å². The smallest absolute Gasteiger partial charge is 0.339 e. The first kappa shape index (κ1) is 17.0. The summed E-state index contributed by atoms with van der Waals surface area (Å²) < 4.78 is 4.74. The number of fused-ring (bicyclic) bond motifs is 1. The van der Waals surface area contributed by atoms with Crippen molar-refractivity contribution >= 4 is 40.1 Å². The van der Waals surface area contributed by atoms with Crippen LogP contribution in [0.15, 0.2) is 42.5 Å². The molecule has 5 nitrogen and oxygen atoms in total. The monoisotopic (exact) mass is 356 g/mol. The van der Waals surface area contributed by atoms with Gasteiger partial charge < -0.3 is 15.0 Å². The Kier molecular flexibility index (Phi) is 4.76. The predicted octanol–water partition coefficient (Wildman–Crippen LogP) is 4.10. The Morgan fingerprint density at radius 1 is 1.20 bits per heavy atom. The van der Waals surface area contributed by atoms with Crippen LogP contribution in [0.3, 0.4) is 0 Å². The molecule has 0 fully saturated rings. The van der Waals surface area contributed by atoms with Crippen LogP contribution in [-0.4, -0.2) is 24.0 Å². The van der Waals surface area contributed by atoms with Gasteiger partial charge in [0.05, 0.1) is 24.8 Å². The van der Waals surface area contributed by atoms with Gasteiger partial charge in [-0.05, 0) is 42.8 Å². The SMILES string of the molecule is COC(=O)c1ccccc1NC(=O)Cc1c(C)[nH]c2ccc(Cl)cc12. The minimum absolute atomic E-state index is 0.168. The number of aromatic amines is 1. The van der Waals surface area contributed by atoms with E-state index in [9.17, 15) is 9.59 Å². The summed E-state index contributed by atoms with van der Waals surface area (Å²) in [5, 5.41) is 4.32. The highest BCUT2D eigenvalue weighted by molar-refractivity contribution is 6.31. The summed E-state index contributed by atoms with van der Waals surface area (Å²) in [6.07, 6.45) is 0.168. The van der Waals surface area contributed by atoms with Crippen molar-refractivity contribution in [1.82, 2.24) is 4.98 Å². The lowest BCUT2D eigenvalue weighted by atomic mass is 10.1. The topological polar surface area (TPSA) is 71.2 Å². The molecule has 0 aliphatic heterocycles. The van der Waals surface area contributed by atoms with Gasteiger partial charge in [-0.1, -0.05) is 23.7 Å². The minimum atomic E-state index is -0.494. The molecule has 2 N–H and O–H groups in total. The number of anilines is 1. The van der Waals surface area contributed by atoms with Crippen LogP contribution in [0.1, 0.15) is 21.6 Å². The van der Waals surface area contributed by atoms with Crippen LogP contribution in [0, 0.1) is 6.92 Å². The molecule has 1 amide bonds. The van der Waals surface area contributed by atoms with Crippen molar-refractivity contribution in [3.05, 3.63) is 64.3 Å². The molecule has 0 saturated carbocycles. The second-order valence-electron chi connectivity index (χ2n) is 5.68. The molecule has 25 heavy (non-hydrogen) atoms. The Morgan fingerprint density at radius 3 is 2.72 bits per heavy atom. The largest absolute Gasteiger partial charge is 0.465 e. The molecule has 0 aliphatic carbocycles. The van der Waals surface area contributed by atoms with Gasteiger partial charge in [-0.3, -0.25) is 4.79 Å². The van der Waals surface area contributed by atoms with E-state index in [1.807, 2.05) is 19.1 Å². The molecule has 6 heteroatoms. The fourth-order valence-corrected chi connectivity index (χ4v) is 2.99. The van der Waals surface area contributed by atoms with Crippen molar-refractivity contribution in [2.45, 2.75) is 13.3 Å². The van der Waals surface area contributed by atoms with E-state index in [0.717, 1.165) is 22.2 Å². The number of amides is 1. The predicted molar refractivity (Wildman–Crippen MR) is 98.2 cm³/mol. The van der Waals surface area contributed by atoms with E-state index in [0.29, 0.717) is 16.3 Å². The third-order valence-corrected chi connectivity index (χ3v) is 4.26. The number of halogens is 1. The number of aromatic nitrogens is 1. The molecule has 0 saturated heterocycles. The summed E-state index contributed by atoms with van der Waals surface area (Å²) in [7, 11) is 1.31. The number of para-hydroxylation sites is 1. The van der Waals surface area contributed by atoms with Gasteiger partial charge in [0, 0.05) is 21.6 Å². The Bertz CT molecular complexity index is 962. The van der Waals surface area contributed by atoms with E-state index >= 15 is 0 Å². The highest BCUT2D eigenvalue weighted by atomic mass is 35.5. The molecule has 128 valence electrons. The van der Waals surface area contributed by atoms with Crippen LogP contribution in [0.4, 0.5) is 5.69 Å². The maximum Gasteiger partial charge on any atom is 0.339 e. The van der Waals surface area contributed by atoms with Gasteiger partial charge in [0.1, 0.15) is 0 Å². The fourth-order valence-electron chi connectivity index (χ4n) is 2.82. The Balaban J connectivity index is 1.86. The van der Waals surface area contributed by atoms with Gasteiger partial charge in [-0.25, -0.2) is 4.79 Å². The summed E-state index contributed by atoms with van der Waals surface area (Å²) in [6, 6.07) is 12.3. The number of esters is 1. The maximum atomic E-state index is 12.5. The number of rotatable bonds is 4. The van der Waals surface area contributed by atoms with Crippen molar-refractivity contribution < 1.29 is 14.3 Å². The Morgan fingerprint density at radius 2 is 1.96 bits per heavy atom. The average molecular weight is 357 g/mol. The zero-order valence-electron chi connectivity index (χ0n) is 13.9. The van der Waals surface area contributed by atoms with E-state index < -0.39 is 5.97 Å². The number of nitrogens with one attached hydrogen (secondary N) is 2. The molecule has 1 aromatic heterocycles. The second-order valence-corrected chi connectivity index (χ2v) is 6.12. The lowest BCUT2D eigenvalue weighted by Crippen LogP contribution is -2.17. The first-order chi connectivity index (χ1) is 12.0. The number of carbonyl (C=O) groups excluding carboxylic acids is 2. The third-order valence-electron chi connectivity index (χ3n) is 4.03. The zero-order valence-corrected chi connectivity index (χ0v) is 14.6. The second kappa shape index (κ2) is 6.99. The number of ether oxygens (including phenoxy) is 1. The van der Waals surface area contributed by atoms with E-state index in [-0.39, 0.29) is 12.3 Å². The summed E-state index contributed by atoms with van der Waals surface area (Å²) in [5.41, 5.74) is 3.46. The lowest BCUT2D eigenvalue weighted by Gasteiger charge is -2.10. The molecule has 3 rings (SSSR count). The van der Waals surface area contributed by atoms with Crippen LogP contribution >= 0.6 is 11.6 Å². The number of H-pyrrole nitrogens is 1. The molecule has 3 aromatic rings. The van der Waals surface area contributed by atoms with Crippen molar-refractivity contribution in [3.63, 3.8) is 0 Å². The number of hydrogen-bond acceptors (Lipinski definition) is 3. The first-order valence-electron chi connectivity index (χ1n) is 7.73. The van der Waals surface area contributed by atoms with Crippen LogP contribution in [0.5, 0.6) is 0 Å². The van der Waals surface area contributed by atoms with Crippen LogP contribution < -0.4 is 5.32 Å². The van der Waals surface area contributed by atoms with E-state index in [1.165, 1.54) is 7.11 Å². The van der Waals surface area contributed by atoms with Crippen molar-refractivity contribution in [1.29, 1.82) is 0 Å². The van der Waals surface area contributed by atoms with Crippen molar-refractivity contribution in [2.24, 2.45) is 0 Å². The van der Waals surface area contributed by atoms with Gasteiger partial charge in [0.15, 0.2) is 0 Å². The van der Waals surface area contributed by atoms with Gasteiger partial charge in [0.2, 0.25) is 5.91 Å². The molecular weight excluding hydrogens is 340 g/mol. The molecule has 1 heterocycles. The average Bonchev–Trinajstić information content (AvgIpc) is 2.90. The van der Waals surface area contributed by atoms with Crippen LogP contribution in [0.25, 0.3) is 10.9 Å². The van der Waals surface area contributed by atoms with E-state index in [1.54, 1.807) is 30.3 Å². The fraction of sp³-hybridized carbons (Fsp3) is 0.158. The van der Waals surface area contributed by atoms with Gasteiger partial charge >= 0.3 is 5.97 Å². The van der Waals surface area contributed by atoms with Gasteiger partial charge in [0.25, 0.3) is 0 Å². The van der Waals surface area contributed by atoms with Crippen molar-refractivity contribution in [2.75, 3.05) is 12.4 Å². The molecular formula is C19H17ClN2O3. The summed E-state index contributed by atoms with van der Waals surface area (Å²) >= 11 is 6.07. The molecule has 2 aromatic carbocycles. The van der Waals surface area contributed by atoms with E-state index in [2.05, 4.69) is 10.3 Å². The van der Waals surface area contributed by atoms with Crippen LogP contribution in [-0.2, 0) is 16.0 Å². The number of benzene rings is 2. The Labute approximate surface area is 149 Å². The highest BCUT2D eigenvalue weighted by Gasteiger charge is 2.16.